The maximum absolute atomic E-state index is 12.9. The summed E-state index contributed by atoms with van der Waals surface area (Å²) in [5.74, 6) is 1.71. The molecule has 0 radical (unpaired) electrons. The highest BCUT2D eigenvalue weighted by molar-refractivity contribution is 6.07. The fourth-order valence-electron chi connectivity index (χ4n) is 3.88. The first kappa shape index (κ1) is 17.5. The number of aryl methyl sites for hydroxylation is 1. The Bertz CT molecular complexity index is 1020. The highest BCUT2D eigenvalue weighted by Gasteiger charge is 2.24. The zero-order chi connectivity index (χ0) is 19.0. The number of Topliss-reactive ketones (excluding diaryl/α,β-unsaturated/α-hetero) is 1. The van der Waals surface area contributed by atoms with E-state index < -0.39 is 0 Å². The van der Waals surface area contributed by atoms with E-state index >= 15 is 0 Å². The lowest BCUT2D eigenvalue weighted by Gasteiger charge is -2.18. The van der Waals surface area contributed by atoms with Gasteiger partial charge in [0.15, 0.2) is 11.6 Å². The summed E-state index contributed by atoms with van der Waals surface area (Å²) < 4.78 is 4.00. The van der Waals surface area contributed by atoms with Crippen LogP contribution < -0.4 is 5.32 Å². The van der Waals surface area contributed by atoms with Gasteiger partial charge in [-0.25, -0.2) is 0 Å². The molecule has 0 unspecified atom stereocenters. The monoisotopic (exact) mass is 365 g/mol. The Hall–Kier alpha value is -2.96. The Morgan fingerprint density at radius 2 is 2.07 bits per heavy atom. The normalized spacial score (nSPS) is 14.3. The van der Waals surface area contributed by atoms with E-state index in [4.69, 9.17) is 0 Å². The Labute approximate surface area is 157 Å². The smallest absolute Gasteiger partial charge is 0.243 e. The predicted molar refractivity (Wildman–Crippen MR) is 101 cm³/mol. The first-order valence-corrected chi connectivity index (χ1v) is 9.39. The van der Waals surface area contributed by atoms with Crippen LogP contribution in [0.15, 0.2) is 30.5 Å². The molecule has 1 aliphatic heterocycles. The van der Waals surface area contributed by atoms with E-state index in [1.807, 2.05) is 35.8 Å². The molecule has 1 N–H and O–H groups in total. The van der Waals surface area contributed by atoms with Crippen LogP contribution in [0.1, 0.15) is 54.7 Å². The number of nitrogens with zero attached hydrogens (tertiary/aromatic N) is 4. The minimum atomic E-state index is -0.385. The van der Waals surface area contributed by atoms with Crippen LogP contribution >= 0.6 is 0 Å². The standard InChI is InChI=1S/C20H23N5O2/c1-3-16(20(27)21-11-19-23-22-18-9-6-10-24(18)19)25-12-15(13(2)26)14-7-4-5-8-17(14)25/h4-5,7-8,12,16H,3,6,9-11H2,1-2H3,(H,21,27)/t16-/m1/s1. The van der Waals surface area contributed by atoms with Crippen LogP contribution in [0.25, 0.3) is 10.9 Å². The van der Waals surface area contributed by atoms with Gasteiger partial charge in [0.05, 0.1) is 6.54 Å². The van der Waals surface area contributed by atoms with Crippen LogP contribution in [0.5, 0.6) is 0 Å². The van der Waals surface area contributed by atoms with Crippen molar-refractivity contribution < 1.29 is 9.59 Å². The summed E-state index contributed by atoms with van der Waals surface area (Å²) in [5, 5.41) is 12.3. The number of para-hydroxylation sites is 1. The van der Waals surface area contributed by atoms with E-state index in [9.17, 15) is 9.59 Å². The molecule has 0 bridgehead atoms. The largest absolute Gasteiger partial charge is 0.347 e. The van der Waals surface area contributed by atoms with Gasteiger partial charge < -0.3 is 14.5 Å². The first-order valence-electron chi connectivity index (χ1n) is 9.39. The molecule has 7 nitrogen and oxygen atoms in total. The van der Waals surface area contributed by atoms with Crippen molar-refractivity contribution in [3.63, 3.8) is 0 Å². The molecule has 7 heteroatoms. The Morgan fingerprint density at radius 3 is 2.85 bits per heavy atom. The molecule has 3 aromatic rings. The highest BCUT2D eigenvalue weighted by Crippen LogP contribution is 2.27. The van der Waals surface area contributed by atoms with Crippen molar-refractivity contribution in [1.29, 1.82) is 0 Å². The third-order valence-electron chi connectivity index (χ3n) is 5.25. The van der Waals surface area contributed by atoms with Crippen LogP contribution in [0.3, 0.4) is 0 Å². The van der Waals surface area contributed by atoms with Gasteiger partial charge in [0.25, 0.3) is 0 Å². The molecule has 0 saturated carbocycles. The zero-order valence-corrected chi connectivity index (χ0v) is 15.6. The van der Waals surface area contributed by atoms with Crippen molar-refractivity contribution in [3.05, 3.63) is 47.7 Å². The Morgan fingerprint density at radius 1 is 1.26 bits per heavy atom. The lowest BCUT2D eigenvalue weighted by Crippen LogP contribution is -2.32. The molecule has 1 aromatic carbocycles. The molecule has 3 heterocycles. The maximum Gasteiger partial charge on any atom is 0.243 e. The summed E-state index contributed by atoms with van der Waals surface area (Å²) >= 11 is 0. The molecular weight excluding hydrogens is 342 g/mol. The molecule has 0 aliphatic carbocycles. The number of nitrogens with one attached hydrogen (secondary N) is 1. The average Bonchev–Trinajstić information content (AvgIpc) is 3.35. The number of carbonyl (C=O) groups is 2. The van der Waals surface area contributed by atoms with Crippen molar-refractivity contribution in [2.45, 2.75) is 52.2 Å². The molecular formula is C20H23N5O2. The fraction of sp³-hybridized carbons (Fsp3) is 0.400. The molecule has 1 amide bonds. The summed E-state index contributed by atoms with van der Waals surface area (Å²) in [5.41, 5.74) is 1.54. The number of fused-ring (bicyclic) bond motifs is 2. The van der Waals surface area contributed by atoms with Gasteiger partial charge in [0, 0.05) is 35.6 Å². The third kappa shape index (κ3) is 3.03. The van der Waals surface area contributed by atoms with E-state index in [2.05, 4.69) is 20.1 Å². The number of hydrogen-bond donors (Lipinski definition) is 1. The van der Waals surface area contributed by atoms with Gasteiger partial charge in [-0.15, -0.1) is 10.2 Å². The average molecular weight is 365 g/mol. The second-order valence-electron chi connectivity index (χ2n) is 6.95. The van der Waals surface area contributed by atoms with Crippen molar-refractivity contribution in [3.8, 4) is 0 Å². The SMILES string of the molecule is CC[C@H](C(=O)NCc1nnc2n1CCC2)n1cc(C(C)=O)c2ccccc21. The molecule has 1 aliphatic rings. The van der Waals surface area contributed by atoms with E-state index in [0.29, 0.717) is 18.5 Å². The molecule has 0 saturated heterocycles. The topological polar surface area (TPSA) is 81.8 Å². The second-order valence-corrected chi connectivity index (χ2v) is 6.95. The minimum absolute atomic E-state index is 0.000709. The Kier molecular flexibility index (Phi) is 4.51. The van der Waals surface area contributed by atoms with Gasteiger partial charge in [-0.1, -0.05) is 25.1 Å². The molecule has 1 atom stereocenters. The number of amides is 1. The highest BCUT2D eigenvalue weighted by atomic mass is 16.2. The van der Waals surface area contributed by atoms with Gasteiger partial charge in [-0.05, 0) is 25.8 Å². The van der Waals surface area contributed by atoms with Crippen molar-refractivity contribution in [1.82, 2.24) is 24.6 Å². The number of carbonyl (C=O) groups excluding carboxylic acids is 2. The van der Waals surface area contributed by atoms with E-state index in [1.165, 1.54) is 0 Å². The number of rotatable bonds is 6. The summed E-state index contributed by atoms with van der Waals surface area (Å²) in [4.78, 5) is 24.9. The van der Waals surface area contributed by atoms with Crippen molar-refractivity contribution in [2.24, 2.45) is 0 Å². The van der Waals surface area contributed by atoms with Crippen LogP contribution in [-0.2, 0) is 24.3 Å². The molecule has 27 heavy (non-hydrogen) atoms. The molecule has 0 fully saturated rings. The van der Waals surface area contributed by atoms with Gasteiger partial charge in [0.2, 0.25) is 5.91 Å². The molecule has 4 rings (SSSR count). The molecule has 140 valence electrons. The van der Waals surface area contributed by atoms with Gasteiger partial charge in [0.1, 0.15) is 11.9 Å². The van der Waals surface area contributed by atoms with Gasteiger partial charge >= 0.3 is 0 Å². The van der Waals surface area contributed by atoms with E-state index in [0.717, 1.165) is 41.9 Å². The zero-order valence-electron chi connectivity index (χ0n) is 15.6. The predicted octanol–water partition coefficient (Wildman–Crippen LogP) is 2.65. The van der Waals surface area contributed by atoms with Crippen LogP contribution in [0, 0.1) is 0 Å². The number of hydrogen-bond acceptors (Lipinski definition) is 4. The maximum atomic E-state index is 12.9. The number of ketones is 1. The van der Waals surface area contributed by atoms with Crippen molar-refractivity contribution >= 4 is 22.6 Å². The summed E-state index contributed by atoms with van der Waals surface area (Å²) in [7, 11) is 0. The summed E-state index contributed by atoms with van der Waals surface area (Å²) in [6.07, 6.45) is 4.45. The second kappa shape index (κ2) is 6.98. The van der Waals surface area contributed by atoms with Gasteiger partial charge in [-0.3, -0.25) is 9.59 Å². The molecule has 2 aromatic heterocycles. The van der Waals surface area contributed by atoms with Crippen LogP contribution in [0.4, 0.5) is 0 Å². The minimum Gasteiger partial charge on any atom is -0.347 e. The van der Waals surface area contributed by atoms with E-state index in [1.54, 1.807) is 13.1 Å². The fourth-order valence-corrected chi connectivity index (χ4v) is 3.88. The first-order chi connectivity index (χ1) is 13.1. The number of aromatic nitrogens is 4. The lowest BCUT2D eigenvalue weighted by molar-refractivity contribution is -0.124. The lowest BCUT2D eigenvalue weighted by atomic mass is 10.1. The van der Waals surface area contributed by atoms with Crippen LogP contribution in [-0.4, -0.2) is 31.0 Å². The Balaban J connectivity index is 1.59. The summed E-state index contributed by atoms with van der Waals surface area (Å²) in [6.45, 7) is 4.80. The quantitative estimate of drug-likeness (QED) is 0.681. The van der Waals surface area contributed by atoms with Crippen LogP contribution in [0.2, 0.25) is 0 Å². The van der Waals surface area contributed by atoms with Crippen molar-refractivity contribution in [2.75, 3.05) is 0 Å². The third-order valence-corrected chi connectivity index (χ3v) is 5.25. The number of benzene rings is 1. The van der Waals surface area contributed by atoms with Gasteiger partial charge in [-0.2, -0.15) is 0 Å². The van der Waals surface area contributed by atoms with E-state index in [-0.39, 0.29) is 17.7 Å². The molecule has 0 spiro atoms. The summed E-state index contributed by atoms with van der Waals surface area (Å²) in [6, 6.07) is 7.32.